The Morgan fingerprint density at radius 1 is 1.17 bits per heavy atom. The van der Waals surface area contributed by atoms with Crippen molar-refractivity contribution >= 4 is 0 Å². The molecule has 0 aliphatic carbocycles. The molecule has 3 heteroatoms. The Balaban J connectivity index is 2.14. The number of aliphatic hydroxyl groups is 1. The minimum atomic E-state index is 0.132. The summed E-state index contributed by atoms with van der Waals surface area (Å²) >= 11 is 0. The van der Waals surface area contributed by atoms with Crippen LogP contribution < -0.4 is 5.32 Å². The first-order chi connectivity index (χ1) is 8.76. The fraction of sp³-hybridized carbons (Fsp3) is 1.00. The first kappa shape index (κ1) is 15.9. The molecule has 1 aliphatic heterocycles. The lowest BCUT2D eigenvalue weighted by Crippen LogP contribution is -2.46. The lowest BCUT2D eigenvalue weighted by molar-refractivity contribution is -0.0929. The molecular formula is C15H31NO2. The zero-order chi connectivity index (χ0) is 13.3. The Morgan fingerprint density at radius 2 is 1.89 bits per heavy atom. The normalized spacial score (nSPS) is 23.2. The van der Waals surface area contributed by atoms with Crippen molar-refractivity contribution in [2.75, 3.05) is 19.8 Å². The Labute approximate surface area is 112 Å². The van der Waals surface area contributed by atoms with Gasteiger partial charge in [-0.1, -0.05) is 26.7 Å². The van der Waals surface area contributed by atoms with E-state index in [1.54, 1.807) is 0 Å². The van der Waals surface area contributed by atoms with E-state index >= 15 is 0 Å². The van der Waals surface area contributed by atoms with Crippen LogP contribution in [0.1, 0.15) is 65.2 Å². The molecule has 0 aromatic carbocycles. The highest BCUT2D eigenvalue weighted by molar-refractivity contribution is 4.87. The smallest absolute Gasteiger partial charge is 0.0692 e. The maximum atomic E-state index is 8.71. The van der Waals surface area contributed by atoms with Gasteiger partial charge < -0.3 is 15.2 Å². The van der Waals surface area contributed by atoms with E-state index in [-0.39, 0.29) is 5.60 Å². The van der Waals surface area contributed by atoms with E-state index in [0.29, 0.717) is 12.6 Å². The number of hydrogen-bond acceptors (Lipinski definition) is 3. The summed E-state index contributed by atoms with van der Waals surface area (Å²) in [6.45, 7) is 6.83. The van der Waals surface area contributed by atoms with Crippen LogP contribution in [0.15, 0.2) is 0 Å². The Morgan fingerprint density at radius 3 is 2.56 bits per heavy atom. The van der Waals surface area contributed by atoms with E-state index in [4.69, 9.17) is 9.84 Å². The molecule has 1 fully saturated rings. The number of unbranched alkanes of at least 4 members (excludes halogenated alkanes) is 3. The van der Waals surface area contributed by atoms with Gasteiger partial charge >= 0.3 is 0 Å². The van der Waals surface area contributed by atoms with Crippen LogP contribution in [0.3, 0.4) is 0 Å². The van der Waals surface area contributed by atoms with Crippen LogP contribution in [0, 0.1) is 0 Å². The van der Waals surface area contributed by atoms with Gasteiger partial charge in [-0.3, -0.25) is 0 Å². The number of hydrogen-bond donors (Lipinski definition) is 2. The molecule has 0 spiro atoms. The van der Waals surface area contributed by atoms with Gasteiger partial charge in [0.2, 0.25) is 0 Å². The van der Waals surface area contributed by atoms with Gasteiger partial charge in [0.05, 0.1) is 5.60 Å². The predicted octanol–water partition coefficient (Wildman–Crippen LogP) is 2.87. The fourth-order valence-electron chi connectivity index (χ4n) is 2.84. The maximum Gasteiger partial charge on any atom is 0.0692 e. The van der Waals surface area contributed by atoms with E-state index < -0.39 is 0 Å². The first-order valence-electron chi connectivity index (χ1n) is 7.74. The van der Waals surface area contributed by atoms with Crippen molar-refractivity contribution in [3.8, 4) is 0 Å². The van der Waals surface area contributed by atoms with Gasteiger partial charge in [-0.25, -0.2) is 0 Å². The summed E-state index contributed by atoms with van der Waals surface area (Å²) < 4.78 is 5.99. The molecule has 18 heavy (non-hydrogen) atoms. The van der Waals surface area contributed by atoms with Crippen molar-refractivity contribution in [3.63, 3.8) is 0 Å². The average Bonchev–Trinajstić information content (AvgIpc) is 2.43. The highest BCUT2D eigenvalue weighted by Crippen LogP contribution is 2.31. The Bertz CT molecular complexity index is 205. The van der Waals surface area contributed by atoms with Gasteiger partial charge in [0.1, 0.15) is 0 Å². The minimum absolute atomic E-state index is 0.132. The zero-order valence-electron chi connectivity index (χ0n) is 12.2. The third-order valence-corrected chi connectivity index (χ3v) is 4.30. The fourth-order valence-corrected chi connectivity index (χ4v) is 2.84. The van der Waals surface area contributed by atoms with Gasteiger partial charge in [0, 0.05) is 19.3 Å². The second kappa shape index (κ2) is 8.89. The summed E-state index contributed by atoms with van der Waals surface area (Å²) in [6.07, 6.45) is 9.11. The summed E-state index contributed by atoms with van der Waals surface area (Å²) in [7, 11) is 0. The number of aliphatic hydroxyl groups excluding tert-OH is 1. The molecule has 1 atom stereocenters. The van der Waals surface area contributed by atoms with Crippen molar-refractivity contribution in [1.82, 2.24) is 5.32 Å². The van der Waals surface area contributed by atoms with E-state index in [9.17, 15) is 0 Å². The molecule has 1 rings (SSSR count). The molecule has 1 heterocycles. The van der Waals surface area contributed by atoms with Gasteiger partial charge in [-0.2, -0.15) is 0 Å². The molecule has 0 amide bonds. The van der Waals surface area contributed by atoms with Gasteiger partial charge in [0.25, 0.3) is 0 Å². The molecule has 1 saturated heterocycles. The van der Waals surface area contributed by atoms with Crippen molar-refractivity contribution in [2.45, 2.75) is 76.9 Å². The highest BCUT2D eigenvalue weighted by atomic mass is 16.5. The third-order valence-electron chi connectivity index (χ3n) is 4.30. The van der Waals surface area contributed by atoms with E-state index in [0.717, 1.165) is 51.7 Å². The van der Waals surface area contributed by atoms with Crippen LogP contribution in [-0.4, -0.2) is 36.5 Å². The summed E-state index contributed by atoms with van der Waals surface area (Å²) in [4.78, 5) is 0. The standard InChI is InChI=1S/C15H31NO2/c1-3-15(4-2)13-14(9-12-18-15)16-10-7-5-6-8-11-17/h14,16-17H,3-13H2,1-2H3. The molecule has 0 radical (unpaired) electrons. The number of ether oxygens (including phenoxy) is 1. The molecule has 1 unspecified atom stereocenters. The highest BCUT2D eigenvalue weighted by Gasteiger charge is 2.33. The summed E-state index contributed by atoms with van der Waals surface area (Å²) in [5.74, 6) is 0. The topological polar surface area (TPSA) is 41.5 Å². The molecule has 0 aromatic rings. The van der Waals surface area contributed by atoms with E-state index in [2.05, 4.69) is 19.2 Å². The molecular weight excluding hydrogens is 226 g/mol. The number of rotatable bonds is 9. The Kier molecular flexibility index (Phi) is 7.87. The molecule has 0 aromatic heterocycles. The second-order valence-electron chi connectivity index (χ2n) is 5.52. The second-order valence-corrected chi connectivity index (χ2v) is 5.52. The lowest BCUT2D eigenvalue weighted by Gasteiger charge is -2.40. The molecule has 0 bridgehead atoms. The summed E-state index contributed by atoms with van der Waals surface area (Å²) in [6, 6.07) is 0.636. The average molecular weight is 257 g/mol. The predicted molar refractivity (Wildman–Crippen MR) is 75.8 cm³/mol. The molecule has 108 valence electrons. The van der Waals surface area contributed by atoms with E-state index in [1.807, 2.05) is 0 Å². The van der Waals surface area contributed by atoms with Crippen LogP contribution >= 0.6 is 0 Å². The van der Waals surface area contributed by atoms with Crippen molar-refractivity contribution < 1.29 is 9.84 Å². The van der Waals surface area contributed by atoms with Crippen molar-refractivity contribution in [2.24, 2.45) is 0 Å². The lowest BCUT2D eigenvalue weighted by atomic mass is 9.86. The van der Waals surface area contributed by atoms with E-state index in [1.165, 1.54) is 12.8 Å². The maximum absolute atomic E-state index is 8.71. The van der Waals surface area contributed by atoms with Gasteiger partial charge in [0.15, 0.2) is 0 Å². The van der Waals surface area contributed by atoms with Crippen LogP contribution in [-0.2, 0) is 4.74 Å². The van der Waals surface area contributed by atoms with Crippen LogP contribution in [0.5, 0.6) is 0 Å². The largest absolute Gasteiger partial charge is 0.396 e. The first-order valence-corrected chi connectivity index (χ1v) is 7.74. The third kappa shape index (κ3) is 5.25. The van der Waals surface area contributed by atoms with Gasteiger partial charge in [-0.15, -0.1) is 0 Å². The molecule has 0 saturated carbocycles. The summed E-state index contributed by atoms with van der Waals surface area (Å²) in [5.41, 5.74) is 0.132. The monoisotopic (exact) mass is 257 g/mol. The zero-order valence-corrected chi connectivity index (χ0v) is 12.2. The Hall–Kier alpha value is -0.120. The van der Waals surface area contributed by atoms with Crippen LogP contribution in [0.25, 0.3) is 0 Å². The van der Waals surface area contributed by atoms with Crippen molar-refractivity contribution in [1.29, 1.82) is 0 Å². The minimum Gasteiger partial charge on any atom is -0.396 e. The van der Waals surface area contributed by atoms with Gasteiger partial charge in [-0.05, 0) is 45.1 Å². The molecule has 3 nitrogen and oxygen atoms in total. The number of nitrogens with one attached hydrogen (secondary N) is 1. The SMILES string of the molecule is CCC1(CC)CC(NCCCCCCO)CCO1. The van der Waals surface area contributed by atoms with Crippen molar-refractivity contribution in [3.05, 3.63) is 0 Å². The quantitative estimate of drug-likeness (QED) is 0.624. The molecule has 1 aliphatic rings. The summed E-state index contributed by atoms with van der Waals surface area (Å²) in [5, 5.41) is 12.4. The van der Waals surface area contributed by atoms with Crippen LogP contribution in [0.4, 0.5) is 0 Å². The van der Waals surface area contributed by atoms with Crippen LogP contribution in [0.2, 0.25) is 0 Å². The molecule has 2 N–H and O–H groups in total.